The molecule has 0 aliphatic heterocycles. The topological polar surface area (TPSA) is 156 Å². The fourth-order valence-electron chi connectivity index (χ4n) is 1.41. The quantitative estimate of drug-likeness (QED) is 0.457. The molecule has 2 aromatic rings. The van der Waals surface area contributed by atoms with Gasteiger partial charge in [-0.05, 0) is 24.3 Å². The van der Waals surface area contributed by atoms with E-state index in [2.05, 4.69) is 0 Å². The number of carboxylic acid groups (broad SMARTS) is 2. The monoisotopic (exact) mass is 308 g/mol. The number of para-hydroxylation sites is 2. The first-order chi connectivity index (χ1) is 10.3. The molecule has 0 amide bonds. The van der Waals surface area contributed by atoms with Crippen molar-refractivity contribution in [2.24, 2.45) is 0 Å². The van der Waals surface area contributed by atoms with Crippen LogP contribution in [0.5, 0.6) is 23.0 Å². The van der Waals surface area contributed by atoms with E-state index in [9.17, 15) is 9.59 Å². The molecule has 0 aliphatic rings. The average molecular weight is 308 g/mol. The maximum absolute atomic E-state index is 10.3. The van der Waals surface area contributed by atoms with Crippen LogP contribution < -0.4 is 0 Å². The second-order valence-corrected chi connectivity index (χ2v) is 3.96. The van der Waals surface area contributed by atoms with Crippen molar-refractivity contribution < 1.29 is 40.2 Å². The van der Waals surface area contributed by atoms with Gasteiger partial charge in [-0.15, -0.1) is 0 Å². The van der Waals surface area contributed by atoms with Crippen molar-refractivity contribution in [3.63, 3.8) is 0 Å². The number of hydrogen-bond acceptors (Lipinski definition) is 6. The lowest BCUT2D eigenvalue weighted by Crippen LogP contribution is -1.95. The highest BCUT2D eigenvalue weighted by atomic mass is 16.4. The van der Waals surface area contributed by atoms with Gasteiger partial charge in [0.15, 0.2) is 23.0 Å². The summed E-state index contributed by atoms with van der Waals surface area (Å²) in [5.74, 6) is -4.58. The van der Waals surface area contributed by atoms with Crippen LogP contribution in [0.2, 0.25) is 0 Å². The Labute approximate surface area is 123 Å². The van der Waals surface area contributed by atoms with Crippen LogP contribution in [0.3, 0.4) is 0 Å². The zero-order valence-corrected chi connectivity index (χ0v) is 11.0. The lowest BCUT2D eigenvalue weighted by molar-refractivity contribution is 0.0681. The Balaban J connectivity index is 0.000000220. The van der Waals surface area contributed by atoms with Crippen molar-refractivity contribution in [3.05, 3.63) is 47.5 Å². The van der Waals surface area contributed by atoms with Crippen LogP contribution in [0.1, 0.15) is 20.7 Å². The van der Waals surface area contributed by atoms with E-state index >= 15 is 0 Å². The van der Waals surface area contributed by atoms with Gasteiger partial charge in [0.25, 0.3) is 0 Å². The van der Waals surface area contributed by atoms with Crippen molar-refractivity contribution >= 4 is 11.9 Å². The van der Waals surface area contributed by atoms with E-state index < -0.39 is 34.9 Å². The zero-order chi connectivity index (χ0) is 16.9. The number of hydrogen-bond donors (Lipinski definition) is 6. The molecule has 0 atom stereocenters. The molecule has 22 heavy (non-hydrogen) atoms. The number of aromatic carboxylic acids is 2. The summed E-state index contributed by atoms with van der Waals surface area (Å²) in [6, 6.07) is 7.52. The van der Waals surface area contributed by atoms with Gasteiger partial charge < -0.3 is 30.6 Å². The first-order valence-electron chi connectivity index (χ1n) is 5.74. The smallest absolute Gasteiger partial charge is 0.339 e. The van der Waals surface area contributed by atoms with Crippen molar-refractivity contribution in [3.8, 4) is 23.0 Å². The lowest BCUT2D eigenvalue weighted by atomic mass is 10.2. The molecule has 0 bridgehead atoms. The summed E-state index contributed by atoms with van der Waals surface area (Å²) >= 11 is 0. The van der Waals surface area contributed by atoms with Crippen LogP contribution in [-0.4, -0.2) is 42.6 Å². The van der Waals surface area contributed by atoms with Crippen LogP contribution in [0.15, 0.2) is 36.4 Å². The number of carbonyl (C=O) groups is 2. The van der Waals surface area contributed by atoms with Gasteiger partial charge in [0, 0.05) is 0 Å². The summed E-state index contributed by atoms with van der Waals surface area (Å²) < 4.78 is 0. The van der Waals surface area contributed by atoms with Gasteiger partial charge in [-0.1, -0.05) is 12.1 Å². The van der Waals surface area contributed by atoms with Crippen LogP contribution >= 0.6 is 0 Å². The molecular weight excluding hydrogens is 296 g/mol. The molecule has 6 N–H and O–H groups in total. The minimum atomic E-state index is -1.27. The second kappa shape index (κ2) is 6.84. The first-order valence-corrected chi connectivity index (χ1v) is 5.74. The SMILES string of the molecule is O=C(O)c1cccc(O)c1O.O=C(O)c1cccc(O)c1O. The third-order valence-corrected chi connectivity index (χ3v) is 2.49. The Morgan fingerprint density at radius 3 is 1.18 bits per heavy atom. The van der Waals surface area contributed by atoms with Crippen molar-refractivity contribution in [1.29, 1.82) is 0 Å². The zero-order valence-electron chi connectivity index (χ0n) is 11.0. The molecule has 2 rings (SSSR count). The fraction of sp³-hybridized carbons (Fsp3) is 0. The van der Waals surface area contributed by atoms with Crippen LogP contribution in [0.25, 0.3) is 0 Å². The average Bonchev–Trinajstić information content (AvgIpc) is 2.45. The third-order valence-electron chi connectivity index (χ3n) is 2.49. The summed E-state index contributed by atoms with van der Waals surface area (Å²) in [4.78, 5) is 20.6. The van der Waals surface area contributed by atoms with Crippen molar-refractivity contribution in [1.82, 2.24) is 0 Å². The van der Waals surface area contributed by atoms with E-state index in [4.69, 9.17) is 30.6 Å². The standard InChI is InChI=1S/2C7H6O4/c2*8-5-3-1-2-4(6(5)9)7(10)11/h2*1-3,8-9H,(H,10,11). The third kappa shape index (κ3) is 3.79. The van der Waals surface area contributed by atoms with Crippen molar-refractivity contribution in [2.75, 3.05) is 0 Å². The molecule has 0 aromatic heterocycles. The van der Waals surface area contributed by atoms with Crippen LogP contribution in [0, 0.1) is 0 Å². The molecule has 0 heterocycles. The molecule has 8 heteroatoms. The van der Waals surface area contributed by atoms with E-state index in [1.54, 1.807) is 0 Å². The van der Waals surface area contributed by atoms with Gasteiger partial charge in [0.2, 0.25) is 0 Å². The highest BCUT2D eigenvalue weighted by molar-refractivity contribution is 5.92. The Kier molecular flexibility index (Phi) is 5.17. The van der Waals surface area contributed by atoms with Gasteiger partial charge in [-0.25, -0.2) is 9.59 Å². The molecule has 0 spiro atoms. The number of rotatable bonds is 2. The summed E-state index contributed by atoms with van der Waals surface area (Å²) in [7, 11) is 0. The van der Waals surface area contributed by atoms with Gasteiger partial charge in [-0.3, -0.25) is 0 Å². The maximum atomic E-state index is 10.3. The first kappa shape index (κ1) is 16.6. The maximum Gasteiger partial charge on any atom is 0.339 e. The van der Waals surface area contributed by atoms with Crippen LogP contribution in [0.4, 0.5) is 0 Å². The molecule has 116 valence electrons. The lowest BCUT2D eigenvalue weighted by Gasteiger charge is -1.99. The van der Waals surface area contributed by atoms with Crippen LogP contribution in [-0.2, 0) is 0 Å². The van der Waals surface area contributed by atoms with E-state index in [0.717, 1.165) is 0 Å². The van der Waals surface area contributed by atoms with Gasteiger partial charge in [0.1, 0.15) is 11.1 Å². The van der Waals surface area contributed by atoms with Gasteiger partial charge >= 0.3 is 11.9 Å². The van der Waals surface area contributed by atoms with E-state index in [-0.39, 0.29) is 11.1 Å². The number of carboxylic acids is 2. The van der Waals surface area contributed by atoms with Crippen molar-refractivity contribution in [2.45, 2.75) is 0 Å². The molecule has 0 radical (unpaired) electrons. The van der Waals surface area contributed by atoms with E-state index in [1.807, 2.05) is 0 Å². The molecule has 2 aromatic carbocycles. The number of phenolic OH excluding ortho intramolecular Hbond substituents is 2. The normalized spacial score (nSPS) is 9.45. The summed E-state index contributed by atoms with van der Waals surface area (Å²) in [6.07, 6.45) is 0. The molecular formula is C14H12O8. The Hall–Kier alpha value is -3.42. The Morgan fingerprint density at radius 1 is 0.636 bits per heavy atom. The summed E-state index contributed by atoms with van der Waals surface area (Å²) in [5.41, 5.74) is -0.602. The molecule has 8 nitrogen and oxygen atoms in total. The summed E-state index contributed by atoms with van der Waals surface area (Å²) in [5, 5.41) is 52.4. The molecule has 0 saturated heterocycles. The number of aromatic hydroxyl groups is 4. The number of phenols is 4. The predicted molar refractivity (Wildman–Crippen MR) is 73.5 cm³/mol. The minimum absolute atomic E-state index is 0.301. The Bertz CT molecular complexity index is 646. The molecule has 0 fully saturated rings. The molecule has 0 saturated carbocycles. The van der Waals surface area contributed by atoms with Gasteiger partial charge in [-0.2, -0.15) is 0 Å². The molecule has 0 aliphatic carbocycles. The second-order valence-electron chi connectivity index (χ2n) is 3.96. The fourth-order valence-corrected chi connectivity index (χ4v) is 1.41. The summed E-state index contributed by atoms with van der Waals surface area (Å²) in [6.45, 7) is 0. The predicted octanol–water partition coefficient (Wildman–Crippen LogP) is 1.59. The Morgan fingerprint density at radius 2 is 0.955 bits per heavy atom. The van der Waals surface area contributed by atoms with E-state index in [0.29, 0.717) is 0 Å². The highest BCUT2D eigenvalue weighted by Gasteiger charge is 2.12. The number of benzene rings is 2. The highest BCUT2D eigenvalue weighted by Crippen LogP contribution is 2.28. The molecule has 0 unspecified atom stereocenters. The largest absolute Gasteiger partial charge is 0.504 e. The van der Waals surface area contributed by atoms with Gasteiger partial charge in [0.05, 0.1) is 0 Å². The van der Waals surface area contributed by atoms with E-state index in [1.165, 1.54) is 36.4 Å². The minimum Gasteiger partial charge on any atom is -0.504 e.